The molecule has 6 N–H and O–H groups in total. The molecule has 3 rings (SSSR count). The molecule has 0 fully saturated rings. The third-order valence-corrected chi connectivity index (χ3v) is 4.81. The number of nitrogens with one attached hydrogen (secondary N) is 2. The number of primary amides is 2. The zero-order chi connectivity index (χ0) is 17.8. The van der Waals surface area contributed by atoms with Crippen molar-refractivity contribution in [1.82, 2.24) is 4.98 Å². The fraction of sp³-hybridized carbons (Fsp3) is 0.111. The van der Waals surface area contributed by atoms with E-state index in [0.29, 0.717) is 5.39 Å². The Kier molecular flexibility index (Phi) is 4.95. The summed E-state index contributed by atoms with van der Waals surface area (Å²) in [6.45, 7) is 0. The van der Waals surface area contributed by atoms with E-state index < -0.39 is 11.9 Å². The molecule has 128 valence electrons. The number of H-pyrrole nitrogens is 1. The topological polar surface area (TPSA) is 114 Å². The van der Waals surface area contributed by atoms with Crippen molar-refractivity contribution in [3.05, 3.63) is 65.2 Å². The van der Waals surface area contributed by atoms with Gasteiger partial charge in [-0.05, 0) is 17.2 Å². The lowest BCUT2D eigenvalue weighted by atomic mass is 10.1. The summed E-state index contributed by atoms with van der Waals surface area (Å²) in [6, 6.07) is 15.2. The van der Waals surface area contributed by atoms with Crippen LogP contribution in [0.25, 0.3) is 10.9 Å². The van der Waals surface area contributed by atoms with Gasteiger partial charge in [0.1, 0.15) is 5.82 Å². The van der Waals surface area contributed by atoms with Crippen LogP contribution in [0.4, 0.5) is 10.6 Å². The molecule has 0 unspecified atom stereocenters. The predicted octanol–water partition coefficient (Wildman–Crippen LogP) is 3.19. The molecule has 7 heteroatoms. The summed E-state index contributed by atoms with van der Waals surface area (Å²) in [5, 5.41) is 3.07. The minimum Gasteiger partial charge on any atom is -0.365 e. The Morgan fingerprint density at radius 1 is 1.00 bits per heavy atom. The van der Waals surface area contributed by atoms with Crippen LogP contribution in [0.5, 0.6) is 0 Å². The number of hydrogen-bond acceptors (Lipinski definition) is 3. The van der Waals surface area contributed by atoms with E-state index in [4.69, 9.17) is 11.5 Å². The van der Waals surface area contributed by atoms with E-state index in [-0.39, 0.29) is 11.4 Å². The quantitative estimate of drug-likeness (QED) is 0.545. The van der Waals surface area contributed by atoms with Gasteiger partial charge in [0.05, 0.1) is 5.56 Å². The lowest BCUT2D eigenvalue weighted by Crippen LogP contribution is -2.22. The number of rotatable bonds is 6. The van der Waals surface area contributed by atoms with Crippen LogP contribution in [0.2, 0.25) is 0 Å². The Bertz CT molecular complexity index is 921. The van der Waals surface area contributed by atoms with Gasteiger partial charge in [-0.25, -0.2) is 4.79 Å². The van der Waals surface area contributed by atoms with Gasteiger partial charge < -0.3 is 16.5 Å². The molecular formula is C18H18N4O2S. The molecule has 0 aliphatic carbocycles. The summed E-state index contributed by atoms with van der Waals surface area (Å²) >= 11 is 1.80. The lowest BCUT2D eigenvalue weighted by Gasteiger charge is -2.03. The van der Waals surface area contributed by atoms with Crippen molar-refractivity contribution in [2.45, 2.75) is 11.5 Å². The number of nitrogens with two attached hydrogens (primary N) is 2. The third kappa shape index (κ3) is 3.95. The van der Waals surface area contributed by atoms with Crippen molar-refractivity contribution in [1.29, 1.82) is 0 Å². The largest absolute Gasteiger partial charge is 0.365 e. The average molecular weight is 354 g/mol. The van der Waals surface area contributed by atoms with Gasteiger partial charge in [0, 0.05) is 22.4 Å². The number of thioether (sulfide) groups is 1. The highest BCUT2D eigenvalue weighted by atomic mass is 32.2. The molecule has 0 spiro atoms. The second-order valence-corrected chi connectivity index (χ2v) is 6.57. The smallest absolute Gasteiger partial charge is 0.317 e. The molecule has 0 aliphatic heterocycles. The number of anilines is 1. The molecule has 0 saturated heterocycles. The van der Waals surface area contributed by atoms with Gasteiger partial charge in [0.25, 0.3) is 5.91 Å². The first-order valence-corrected chi connectivity index (χ1v) is 8.82. The summed E-state index contributed by atoms with van der Waals surface area (Å²) in [6.07, 6.45) is 0. The molecule has 1 aromatic heterocycles. The maximum absolute atomic E-state index is 11.7. The maximum Gasteiger partial charge on any atom is 0.317 e. The zero-order valence-corrected chi connectivity index (χ0v) is 14.2. The Balaban J connectivity index is 1.79. The van der Waals surface area contributed by atoms with Crippen LogP contribution < -0.4 is 16.8 Å². The van der Waals surface area contributed by atoms with Gasteiger partial charge in [-0.2, -0.15) is 11.8 Å². The zero-order valence-electron chi connectivity index (χ0n) is 13.4. The molecule has 0 atom stereocenters. The normalized spacial score (nSPS) is 10.7. The van der Waals surface area contributed by atoms with E-state index in [1.165, 1.54) is 5.56 Å². The first kappa shape index (κ1) is 16.9. The number of carbonyl (C=O) groups excluding carboxylic acids is 2. The molecule has 2 aromatic carbocycles. The highest BCUT2D eigenvalue weighted by Crippen LogP contribution is 2.28. The molecule has 1 heterocycles. The average Bonchev–Trinajstić information content (AvgIpc) is 2.92. The van der Waals surface area contributed by atoms with Crippen LogP contribution in [-0.2, 0) is 11.5 Å². The van der Waals surface area contributed by atoms with E-state index in [2.05, 4.69) is 22.4 Å². The van der Waals surface area contributed by atoms with E-state index in [0.717, 1.165) is 22.6 Å². The van der Waals surface area contributed by atoms with E-state index in [9.17, 15) is 9.59 Å². The number of hydrogen-bond donors (Lipinski definition) is 4. The van der Waals surface area contributed by atoms with E-state index >= 15 is 0 Å². The standard InChI is InChI=1S/C18H18N4O2S/c19-16(23)15-13-7-6-12(8-14(13)21-17(15)22-18(20)24)10-25-9-11-4-2-1-3-5-11/h1-8,21H,9-10H2,(H2,19,23)(H3,20,22,24). The number of aromatic amines is 1. The highest BCUT2D eigenvalue weighted by molar-refractivity contribution is 7.97. The Labute approximate surface area is 149 Å². The van der Waals surface area contributed by atoms with Crippen molar-refractivity contribution in [2.24, 2.45) is 11.5 Å². The summed E-state index contributed by atoms with van der Waals surface area (Å²) < 4.78 is 0. The van der Waals surface area contributed by atoms with Gasteiger partial charge in [-0.1, -0.05) is 42.5 Å². The molecule has 0 radical (unpaired) electrons. The van der Waals surface area contributed by atoms with E-state index in [1.807, 2.05) is 36.4 Å². The number of benzene rings is 2. The van der Waals surface area contributed by atoms with Crippen molar-refractivity contribution in [2.75, 3.05) is 5.32 Å². The number of urea groups is 1. The maximum atomic E-state index is 11.7. The van der Waals surface area contributed by atoms with Gasteiger partial charge >= 0.3 is 6.03 Å². The molecule has 25 heavy (non-hydrogen) atoms. The van der Waals surface area contributed by atoms with Crippen LogP contribution in [0.3, 0.4) is 0 Å². The summed E-state index contributed by atoms with van der Waals surface area (Å²) in [4.78, 5) is 25.8. The third-order valence-electron chi connectivity index (χ3n) is 3.74. The molecular weight excluding hydrogens is 336 g/mol. The number of fused-ring (bicyclic) bond motifs is 1. The van der Waals surface area contributed by atoms with Crippen LogP contribution >= 0.6 is 11.8 Å². The van der Waals surface area contributed by atoms with Crippen molar-refractivity contribution >= 4 is 40.4 Å². The molecule has 6 nitrogen and oxygen atoms in total. The summed E-state index contributed by atoms with van der Waals surface area (Å²) in [5.41, 5.74) is 13.9. The molecule has 0 bridgehead atoms. The van der Waals surface area contributed by atoms with Crippen molar-refractivity contribution < 1.29 is 9.59 Å². The monoisotopic (exact) mass is 354 g/mol. The van der Waals surface area contributed by atoms with Crippen LogP contribution in [0, 0.1) is 0 Å². The number of aromatic nitrogens is 1. The predicted molar refractivity (Wildman–Crippen MR) is 101 cm³/mol. The summed E-state index contributed by atoms with van der Waals surface area (Å²) in [5.74, 6) is 1.35. The SMILES string of the molecule is NC(=O)Nc1[nH]c2cc(CSCc3ccccc3)ccc2c1C(N)=O. The number of amides is 3. The molecule has 3 amide bonds. The van der Waals surface area contributed by atoms with E-state index in [1.54, 1.807) is 11.8 Å². The Morgan fingerprint density at radius 3 is 2.40 bits per heavy atom. The lowest BCUT2D eigenvalue weighted by molar-refractivity contribution is 0.100. The van der Waals surface area contributed by atoms with Crippen molar-refractivity contribution in [3.8, 4) is 0 Å². The fourth-order valence-electron chi connectivity index (χ4n) is 2.67. The van der Waals surface area contributed by atoms with Crippen LogP contribution in [0.1, 0.15) is 21.5 Å². The highest BCUT2D eigenvalue weighted by Gasteiger charge is 2.17. The second kappa shape index (κ2) is 7.31. The van der Waals surface area contributed by atoms with Gasteiger partial charge in [0.15, 0.2) is 0 Å². The minimum absolute atomic E-state index is 0.226. The molecule has 0 aliphatic rings. The fourth-order valence-corrected chi connectivity index (χ4v) is 3.61. The first-order chi connectivity index (χ1) is 12.0. The Hall–Kier alpha value is -2.93. The molecule has 3 aromatic rings. The van der Waals surface area contributed by atoms with Gasteiger partial charge in [0.2, 0.25) is 0 Å². The number of carbonyl (C=O) groups is 2. The van der Waals surface area contributed by atoms with Gasteiger partial charge in [-0.15, -0.1) is 0 Å². The minimum atomic E-state index is -0.757. The van der Waals surface area contributed by atoms with Crippen LogP contribution in [0.15, 0.2) is 48.5 Å². The van der Waals surface area contributed by atoms with Gasteiger partial charge in [-0.3, -0.25) is 10.1 Å². The summed E-state index contributed by atoms with van der Waals surface area (Å²) in [7, 11) is 0. The van der Waals surface area contributed by atoms with Crippen molar-refractivity contribution in [3.63, 3.8) is 0 Å². The Morgan fingerprint density at radius 2 is 1.72 bits per heavy atom. The second-order valence-electron chi connectivity index (χ2n) is 5.59. The van der Waals surface area contributed by atoms with Crippen LogP contribution in [-0.4, -0.2) is 16.9 Å². The molecule has 0 saturated carbocycles. The first-order valence-electron chi connectivity index (χ1n) is 7.67.